The van der Waals surface area contributed by atoms with E-state index >= 15 is 0 Å². The van der Waals surface area contributed by atoms with Crippen LogP contribution in [0.3, 0.4) is 0 Å². The largest absolute Gasteiger partial charge is 0.494 e. The lowest BCUT2D eigenvalue weighted by molar-refractivity contribution is 0.102. The van der Waals surface area contributed by atoms with E-state index in [1.807, 2.05) is 6.92 Å². The average molecular weight is 247 g/mol. The SMILES string of the molecule is CCOc1ccc(C(=O)Nc2nonc2C)cc1. The highest BCUT2D eigenvalue weighted by molar-refractivity contribution is 6.03. The van der Waals surface area contributed by atoms with Crippen molar-refractivity contribution >= 4 is 11.7 Å². The van der Waals surface area contributed by atoms with E-state index in [-0.39, 0.29) is 5.91 Å². The highest BCUT2D eigenvalue weighted by Crippen LogP contribution is 2.14. The Morgan fingerprint density at radius 3 is 2.61 bits per heavy atom. The first-order valence-corrected chi connectivity index (χ1v) is 5.54. The molecule has 0 aliphatic heterocycles. The average Bonchev–Trinajstić information content (AvgIpc) is 2.76. The summed E-state index contributed by atoms with van der Waals surface area (Å²) in [4.78, 5) is 11.9. The molecule has 0 aliphatic carbocycles. The lowest BCUT2D eigenvalue weighted by atomic mass is 10.2. The van der Waals surface area contributed by atoms with Gasteiger partial charge in [-0.15, -0.1) is 0 Å². The second kappa shape index (κ2) is 5.31. The summed E-state index contributed by atoms with van der Waals surface area (Å²) < 4.78 is 9.79. The summed E-state index contributed by atoms with van der Waals surface area (Å²) in [7, 11) is 0. The third-order valence-electron chi connectivity index (χ3n) is 2.31. The van der Waals surface area contributed by atoms with Gasteiger partial charge in [-0.25, -0.2) is 4.63 Å². The number of hydrogen-bond acceptors (Lipinski definition) is 5. The highest BCUT2D eigenvalue weighted by atomic mass is 16.6. The van der Waals surface area contributed by atoms with Crippen LogP contribution in [0.2, 0.25) is 0 Å². The lowest BCUT2D eigenvalue weighted by Crippen LogP contribution is -2.12. The molecule has 1 aromatic heterocycles. The van der Waals surface area contributed by atoms with Crippen LogP contribution in [0.4, 0.5) is 5.82 Å². The Morgan fingerprint density at radius 2 is 2.06 bits per heavy atom. The van der Waals surface area contributed by atoms with Crippen molar-refractivity contribution in [2.75, 3.05) is 11.9 Å². The fourth-order valence-electron chi connectivity index (χ4n) is 1.39. The minimum Gasteiger partial charge on any atom is -0.494 e. The Morgan fingerprint density at radius 1 is 1.33 bits per heavy atom. The van der Waals surface area contributed by atoms with E-state index in [4.69, 9.17) is 4.74 Å². The molecule has 0 radical (unpaired) electrons. The minimum absolute atomic E-state index is 0.267. The molecule has 0 saturated heterocycles. The van der Waals surface area contributed by atoms with Crippen LogP contribution >= 0.6 is 0 Å². The van der Waals surface area contributed by atoms with Crippen LogP contribution in [-0.2, 0) is 0 Å². The van der Waals surface area contributed by atoms with Crippen LogP contribution in [0.25, 0.3) is 0 Å². The van der Waals surface area contributed by atoms with Gasteiger partial charge >= 0.3 is 0 Å². The van der Waals surface area contributed by atoms with Crippen molar-refractivity contribution in [2.45, 2.75) is 13.8 Å². The minimum atomic E-state index is -0.267. The van der Waals surface area contributed by atoms with Gasteiger partial charge in [0.05, 0.1) is 6.61 Å². The number of carbonyl (C=O) groups is 1. The number of nitrogens with zero attached hydrogens (tertiary/aromatic N) is 2. The number of carbonyl (C=O) groups excluding carboxylic acids is 1. The summed E-state index contributed by atoms with van der Waals surface area (Å²) in [6.45, 7) is 4.20. The molecule has 1 N–H and O–H groups in total. The topological polar surface area (TPSA) is 77.2 Å². The van der Waals surface area contributed by atoms with Crippen molar-refractivity contribution < 1.29 is 14.2 Å². The number of amides is 1. The first-order valence-electron chi connectivity index (χ1n) is 5.54. The quantitative estimate of drug-likeness (QED) is 0.894. The Hall–Kier alpha value is -2.37. The molecule has 1 amide bonds. The van der Waals surface area contributed by atoms with E-state index in [0.29, 0.717) is 23.7 Å². The fraction of sp³-hybridized carbons (Fsp3) is 0.250. The molecule has 0 aliphatic rings. The summed E-state index contributed by atoms with van der Waals surface area (Å²) in [6.07, 6.45) is 0. The normalized spacial score (nSPS) is 10.1. The number of rotatable bonds is 4. The van der Waals surface area contributed by atoms with Gasteiger partial charge in [-0.1, -0.05) is 5.16 Å². The van der Waals surface area contributed by atoms with Gasteiger partial charge in [0.25, 0.3) is 5.91 Å². The molecular weight excluding hydrogens is 234 g/mol. The van der Waals surface area contributed by atoms with Crippen molar-refractivity contribution in [3.8, 4) is 5.75 Å². The maximum Gasteiger partial charge on any atom is 0.256 e. The summed E-state index contributed by atoms with van der Waals surface area (Å²) in [6, 6.07) is 6.85. The number of hydrogen-bond donors (Lipinski definition) is 1. The van der Waals surface area contributed by atoms with Crippen LogP contribution < -0.4 is 10.1 Å². The maximum atomic E-state index is 11.9. The van der Waals surface area contributed by atoms with Gasteiger partial charge in [-0.05, 0) is 43.3 Å². The van der Waals surface area contributed by atoms with Gasteiger partial charge in [0.1, 0.15) is 11.4 Å². The Labute approximate surface area is 104 Å². The van der Waals surface area contributed by atoms with Crippen molar-refractivity contribution in [2.24, 2.45) is 0 Å². The zero-order valence-corrected chi connectivity index (χ0v) is 10.1. The van der Waals surface area contributed by atoms with Crippen LogP contribution in [0, 0.1) is 6.92 Å². The lowest BCUT2D eigenvalue weighted by Gasteiger charge is -2.04. The van der Waals surface area contributed by atoms with Crippen molar-refractivity contribution in [1.29, 1.82) is 0 Å². The Kier molecular flexibility index (Phi) is 3.57. The number of aryl methyl sites for hydroxylation is 1. The molecule has 0 saturated carbocycles. The van der Waals surface area contributed by atoms with Crippen molar-refractivity contribution in [1.82, 2.24) is 10.3 Å². The van der Waals surface area contributed by atoms with Gasteiger partial charge in [0.2, 0.25) is 5.82 Å². The standard InChI is InChI=1S/C12H13N3O3/c1-3-17-10-6-4-9(5-7-10)12(16)13-11-8(2)14-18-15-11/h4-7H,3H2,1-2H3,(H,13,15,16). The maximum absolute atomic E-state index is 11.9. The summed E-state index contributed by atoms with van der Waals surface area (Å²) in [5, 5.41) is 9.78. The monoisotopic (exact) mass is 247 g/mol. The molecular formula is C12H13N3O3. The molecule has 0 atom stereocenters. The van der Waals surface area contributed by atoms with Crippen molar-refractivity contribution in [3.63, 3.8) is 0 Å². The predicted molar refractivity (Wildman–Crippen MR) is 64.6 cm³/mol. The van der Waals surface area contributed by atoms with Crippen LogP contribution in [0.15, 0.2) is 28.9 Å². The predicted octanol–water partition coefficient (Wildman–Crippen LogP) is 2.03. The van der Waals surface area contributed by atoms with Crippen LogP contribution in [0.1, 0.15) is 23.0 Å². The first-order chi connectivity index (χ1) is 8.70. The van der Waals surface area contributed by atoms with Gasteiger partial charge in [-0.2, -0.15) is 0 Å². The Balaban J connectivity index is 2.07. The molecule has 0 bridgehead atoms. The van der Waals surface area contributed by atoms with E-state index < -0.39 is 0 Å². The summed E-state index contributed by atoms with van der Waals surface area (Å²) in [5.41, 5.74) is 1.05. The number of nitrogens with one attached hydrogen (secondary N) is 1. The fourth-order valence-corrected chi connectivity index (χ4v) is 1.39. The smallest absolute Gasteiger partial charge is 0.256 e. The third-order valence-corrected chi connectivity index (χ3v) is 2.31. The molecule has 0 fully saturated rings. The van der Waals surface area contributed by atoms with E-state index in [1.54, 1.807) is 31.2 Å². The zero-order chi connectivity index (χ0) is 13.0. The van der Waals surface area contributed by atoms with Crippen LogP contribution in [-0.4, -0.2) is 22.8 Å². The molecule has 2 aromatic rings. The highest BCUT2D eigenvalue weighted by Gasteiger charge is 2.11. The Bertz CT molecular complexity index is 534. The second-order valence-corrected chi connectivity index (χ2v) is 3.61. The molecule has 6 heteroatoms. The molecule has 2 rings (SSSR count). The van der Waals surface area contributed by atoms with E-state index in [0.717, 1.165) is 5.75 Å². The second-order valence-electron chi connectivity index (χ2n) is 3.61. The number of anilines is 1. The van der Waals surface area contributed by atoms with Gasteiger partial charge in [-0.3, -0.25) is 4.79 Å². The van der Waals surface area contributed by atoms with E-state index in [9.17, 15) is 4.79 Å². The molecule has 1 aromatic carbocycles. The molecule has 6 nitrogen and oxygen atoms in total. The number of benzene rings is 1. The molecule has 94 valence electrons. The van der Waals surface area contributed by atoms with Gasteiger partial charge in [0, 0.05) is 5.56 Å². The van der Waals surface area contributed by atoms with Gasteiger partial charge in [0.15, 0.2) is 0 Å². The molecule has 18 heavy (non-hydrogen) atoms. The van der Waals surface area contributed by atoms with E-state index in [1.165, 1.54) is 0 Å². The number of ether oxygens (including phenoxy) is 1. The third kappa shape index (κ3) is 2.65. The molecule has 0 unspecified atom stereocenters. The molecule has 0 spiro atoms. The van der Waals surface area contributed by atoms with Crippen molar-refractivity contribution in [3.05, 3.63) is 35.5 Å². The van der Waals surface area contributed by atoms with Crippen LogP contribution in [0.5, 0.6) is 5.75 Å². The first kappa shape index (κ1) is 12.1. The van der Waals surface area contributed by atoms with Gasteiger partial charge < -0.3 is 10.1 Å². The zero-order valence-electron chi connectivity index (χ0n) is 10.1. The van der Waals surface area contributed by atoms with E-state index in [2.05, 4.69) is 20.3 Å². The summed E-state index contributed by atoms with van der Waals surface area (Å²) >= 11 is 0. The summed E-state index contributed by atoms with van der Waals surface area (Å²) in [5.74, 6) is 0.791. The molecule has 1 heterocycles. The number of aromatic nitrogens is 2.